The molecule has 8 heteroatoms. The molecule has 3 aromatic rings. The van der Waals surface area contributed by atoms with Crippen LogP contribution in [0.2, 0.25) is 0 Å². The topological polar surface area (TPSA) is 81.5 Å². The zero-order valence-electron chi connectivity index (χ0n) is 25.7. The predicted octanol–water partition coefficient (Wildman–Crippen LogP) is 7.16. The lowest BCUT2D eigenvalue weighted by molar-refractivity contribution is -0.143. The van der Waals surface area contributed by atoms with Gasteiger partial charge in [-0.25, -0.2) is 4.98 Å². The lowest BCUT2D eigenvalue weighted by Crippen LogP contribution is -2.38. The van der Waals surface area contributed by atoms with Crippen LogP contribution in [0.3, 0.4) is 0 Å². The molecule has 0 unspecified atom stereocenters. The molecular formula is C34H45N3O4S. The summed E-state index contributed by atoms with van der Waals surface area (Å²) in [7, 11) is 0. The van der Waals surface area contributed by atoms with Crippen LogP contribution in [0.15, 0.2) is 70.4 Å². The zero-order valence-corrected chi connectivity index (χ0v) is 26.5. The summed E-state index contributed by atoms with van der Waals surface area (Å²) in [5.74, 6) is 0.337. The second-order valence-electron chi connectivity index (χ2n) is 10.7. The van der Waals surface area contributed by atoms with E-state index in [0.29, 0.717) is 31.1 Å². The number of ether oxygens (including phenoxy) is 1. The Hall–Kier alpha value is -3.39. The molecule has 1 heterocycles. The van der Waals surface area contributed by atoms with Crippen molar-refractivity contribution in [2.45, 2.75) is 89.8 Å². The number of carbonyl (C=O) groups is 2. The molecule has 0 N–H and O–H groups in total. The van der Waals surface area contributed by atoms with E-state index in [0.717, 1.165) is 41.8 Å². The number of rotatable bonds is 16. The number of amides is 1. The molecule has 0 aliphatic heterocycles. The van der Waals surface area contributed by atoms with Crippen LogP contribution >= 0.6 is 11.8 Å². The molecule has 1 amide bonds. The van der Waals surface area contributed by atoms with E-state index in [-0.39, 0.29) is 35.1 Å². The van der Waals surface area contributed by atoms with E-state index in [9.17, 15) is 14.4 Å². The van der Waals surface area contributed by atoms with Gasteiger partial charge in [-0.15, -0.1) is 11.8 Å². The molecule has 0 saturated heterocycles. The first-order valence-electron chi connectivity index (χ1n) is 15.2. The summed E-state index contributed by atoms with van der Waals surface area (Å²) in [6, 6.07) is 18.9. The fraction of sp³-hybridized carbons (Fsp3) is 0.471. The fourth-order valence-electron chi connectivity index (χ4n) is 4.77. The van der Waals surface area contributed by atoms with Crippen LogP contribution in [-0.4, -0.2) is 39.8 Å². The summed E-state index contributed by atoms with van der Waals surface area (Å²) in [5, 5.41) is -0.308. The van der Waals surface area contributed by atoms with E-state index in [2.05, 4.69) is 6.92 Å². The van der Waals surface area contributed by atoms with Gasteiger partial charge in [0.15, 0.2) is 0 Å². The molecule has 0 aliphatic rings. The number of anilines is 1. The highest BCUT2D eigenvalue weighted by atomic mass is 32.2. The number of thioether (sulfide) groups is 1. The van der Waals surface area contributed by atoms with Gasteiger partial charge in [0.2, 0.25) is 5.91 Å². The van der Waals surface area contributed by atoms with Crippen LogP contribution < -0.4 is 10.5 Å². The molecule has 2 aromatic carbocycles. The van der Waals surface area contributed by atoms with Crippen molar-refractivity contribution >= 4 is 29.3 Å². The lowest BCUT2D eigenvalue weighted by atomic mass is 10.1. The molecule has 0 aliphatic carbocycles. The Bertz CT molecular complexity index is 1340. The third-order valence-electron chi connectivity index (χ3n) is 7.09. The van der Waals surface area contributed by atoms with Gasteiger partial charge in [-0.05, 0) is 43.5 Å². The Kier molecular flexibility index (Phi) is 13.3. The lowest BCUT2D eigenvalue weighted by Gasteiger charge is -2.25. The standard InChI is InChI=1S/C34H45N3O4S/c1-6-9-10-11-15-22-36(27-18-20-28(21-19-27)42-33(25(4)5)34(40)41-8-3)32(39)24-37-30(7-2)35-29(23-31(37)38)26-16-13-12-14-17-26/h12-14,16-21,23,25,33H,6-11,15,22,24H2,1-5H3/t33-/m1/s1. The van der Waals surface area contributed by atoms with Crippen molar-refractivity contribution in [2.24, 2.45) is 5.92 Å². The fourth-order valence-corrected chi connectivity index (χ4v) is 5.80. The van der Waals surface area contributed by atoms with Crippen molar-refractivity contribution in [1.82, 2.24) is 9.55 Å². The molecule has 0 spiro atoms. The van der Waals surface area contributed by atoms with Crippen molar-refractivity contribution in [3.8, 4) is 11.3 Å². The average Bonchev–Trinajstić information content (AvgIpc) is 2.99. The van der Waals surface area contributed by atoms with Crippen molar-refractivity contribution in [3.63, 3.8) is 0 Å². The van der Waals surface area contributed by atoms with E-state index in [4.69, 9.17) is 9.72 Å². The van der Waals surface area contributed by atoms with E-state index >= 15 is 0 Å². The van der Waals surface area contributed by atoms with E-state index in [1.54, 1.807) is 4.90 Å². The number of esters is 1. The Balaban J connectivity index is 1.84. The van der Waals surface area contributed by atoms with Gasteiger partial charge in [0.1, 0.15) is 17.6 Å². The highest BCUT2D eigenvalue weighted by Gasteiger charge is 2.25. The van der Waals surface area contributed by atoms with Gasteiger partial charge in [-0.1, -0.05) is 83.7 Å². The number of aromatic nitrogens is 2. The number of unbranched alkanes of at least 4 members (excludes halogenated alkanes) is 4. The molecule has 42 heavy (non-hydrogen) atoms. The maximum absolute atomic E-state index is 13.8. The van der Waals surface area contributed by atoms with Crippen LogP contribution in [-0.2, 0) is 27.3 Å². The van der Waals surface area contributed by atoms with E-state index in [1.165, 1.54) is 28.8 Å². The molecule has 1 atom stereocenters. The Morgan fingerprint density at radius 3 is 2.26 bits per heavy atom. The summed E-state index contributed by atoms with van der Waals surface area (Å²) in [4.78, 5) is 47.0. The van der Waals surface area contributed by atoms with Crippen LogP contribution in [0, 0.1) is 5.92 Å². The van der Waals surface area contributed by atoms with Gasteiger partial charge in [-0.2, -0.15) is 0 Å². The quantitative estimate of drug-likeness (QED) is 0.0999. The van der Waals surface area contributed by atoms with Crippen molar-refractivity contribution in [2.75, 3.05) is 18.1 Å². The van der Waals surface area contributed by atoms with Gasteiger partial charge < -0.3 is 9.64 Å². The summed E-state index contributed by atoms with van der Waals surface area (Å²) in [5.41, 5.74) is 2.03. The van der Waals surface area contributed by atoms with Gasteiger partial charge >= 0.3 is 5.97 Å². The third-order valence-corrected chi connectivity index (χ3v) is 8.62. The maximum atomic E-state index is 13.8. The summed E-state index contributed by atoms with van der Waals surface area (Å²) in [6.07, 6.45) is 5.90. The highest BCUT2D eigenvalue weighted by molar-refractivity contribution is 8.00. The predicted molar refractivity (Wildman–Crippen MR) is 172 cm³/mol. The molecular weight excluding hydrogens is 546 g/mol. The highest BCUT2D eigenvalue weighted by Crippen LogP contribution is 2.31. The number of hydrogen-bond donors (Lipinski definition) is 0. The maximum Gasteiger partial charge on any atom is 0.319 e. The SMILES string of the molecule is CCCCCCCN(C(=O)Cn1c(CC)nc(-c2ccccc2)cc1=O)c1ccc(S[C@@H](C(=O)OCC)C(C)C)cc1. The summed E-state index contributed by atoms with van der Waals surface area (Å²) in [6.45, 7) is 10.8. The van der Waals surface area contributed by atoms with Crippen LogP contribution in [0.5, 0.6) is 0 Å². The Morgan fingerprint density at radius 2 is 1.64 bits per heavy atom. The van der Waals surface area contributed by atoms with Crippen molar-refractivity contribution in [3.05, 3.63) is 76.8 Å². The normalized spacial score (nSPS) is 11.9. The first-order valence-corrected chi connectivity index (χ1v) is 16.1. The third kappa shape index (κ3) is 9.31. The van der Waals surface area contributed by atoms with Crippen LogP contribution in [0.4, 0.5) is 5.69 Å². The van der Waals surface area contributed by atoms with E-state index < -0.39 is 0 Å². The first kappa shape index (κ1) is 33.1. The van der Waals surface area contributed by atoms with Crippen LogP contribution in [0.25, 0.3) is 11.3 Å². The molecule has 1 aromatic heterocycles. The average molecular weight is 592 g/mol. The molecule has 0 bridgehead atoms. The summed E-state index contributed by atoms with van der Waals surface area (Å²) >= 11 is 1.48. The molecule has 3 rings (SSSR count). The van der Waals surface area contributed by atoms with Crippen LogP contribution in [0.1, 0.15) is 72.5 Å². The molecule has 7 nitrogen and oxygen atoms in total. The minimum Gasteiger partial charge on any atom is -0.465 e. The smallest absolute Gasteiger partial charge is 0.319 e. The van der Waals surface area contributed by atoms with Gasteiger partial charge in [0.25, 0.3) is 5.56 Å². The molecule has 0 radical (unpaired) electrons. The molecule has 226 valence electrons. The molecule has 0 fully saturated rings. The van der Waals surface area contributed by atoms with Gasteiger partial charge in [0.05, 0.1) is 12.3 Å². The Labute approximate surface area is 254 Å². The zero-order chi connectivity index (χ0) is 30.5. The number of nitrogens with zero attached hydrogens (tertiary/aromatic N) is 3. The number of aryl methyl sites for hydroxylation is 1. The Morgan fingerprint density at radius 1 is 0.952 bits per heavy atom. The monoisotopic (exact) mass is 591 g/mol. The number of benzene rings is 2. The first-order chi connectivity index (χ1) is 20.3. The minimum atomic E-state index is -0.308. The minimum absolute atomic E-state index is 0.0756. The summed E-state index contributed by atoms with van der Waals surface area (Å²) < 4.78 is 6.77. The second kappa shape index (κ2) is 16.9. The van der Waals surface area contributed by atoms with Gasteiger partial charge in [-0.3, -0.25) is 19.0 Å². The molecule has 0 saturated carbocycles. The van der Waals surface area contributed by atoms with Crippen molar-refractivity contribution < 1.29 is 14.3 Å². The van der Waals surface area contributed by atoms with E-state index in [1.807, 2.05) is 82.3 Å². The second-order valence-corrected chi connectivity index (χ2v) is 11.9. The van der Waals surface area contributed by atoms with Gasteiger partial charge in [0, 0.05) is 35.2 Å². The largest absolute Gasteiger partial charge is 0.465 e. The number of carbonyl (C=O) groups excluding carboxylic acids is 2. The number of hydrogen-bond acceptors (Lipinski definition) is 6. The van der Waals surface area contributed by atoms with Crippen molar-refractivity contribution in [1.29, 1.82) is 0 Å².